The minimum absolute atomic E-state index is 0.00311. The minimum atomic E-state index is -0.855. The summed E-state index contributed by atoms with van der Waals surface area (Å²) in [6, 6.07) is 1.96. The van der Waals surface area contributed by atoms with Gasteiger partial charge in [0.25, 0.3) is 0 Å². The molecule has 1 aromatic heterocycles. The number of amides is 1. The number of anilines is 2. The maximum Gasteiger partial charge on any atom is 0.407 e. The highest BCUT2D eigenvalue weighted by Crippen LogP contribution is 2.36. The molecule has 0 bridgehead atoms. The highest BCUT2D eigenvalue weighted by atomic mass is 16.4. The summed E-state index contributed by atoms with van der Waals surface area (Å²) >= 11 is 0. The summed E-state index contributed by atoms with van der Waals surface area (Å²) in [5.41, 5.74) is 6.92. The maximum absolute atomic E-state index is 11.8. The first kappa shape index (κ1) is 19.7. The Morgan fingerprint density at radius 1 is 1.19 bits per heavy atom. The van der Waals surface area contributed by atoms with E-state index in [1.165, 1.54) is 19.3 Å². The average molecular weight is 376 g/mol. The molecule has 0 radical (unpaired) electrons. The van der Waals surface area contributed by atoms with Gasteiger partial charge in [-0.1, -0.05) is 40.0 Å². The van der Waals surface area contributed by atoms with Crippen molar-refractivity contribution in [2.75, 3.05) is 23.7 Å². The van der Waals surface area contributed by atoms with E-state index >= 15 is 0 Å². The predicted octanol–water partition coefficient (Wildman–Crippen LogP) is 3.71. The molecule has 150 valence electrons. The third-order valence-corrected chi connectivity index (χ3v) is 6.07. The third-order valence-electron chi connectivity index (χ3n) is 6.07. The average Bonchev–Trinajstić information content (AvgIpc) is 2.60. The van der Waals surface area contributed by atoms with Crippen LogP contribution in [0.25, 0.3) is 0 Å². The first-order valence-electron chi connectivity index (χ1n) is 10.1. The zero-order valence-electron chi connectivity index (χ0n) is 17.0. The predicted molar refractivity (Wildman–Crippen MR) is 107 cm³/mol. The van der Waals surface area contributed by atoms with Crippen LogP contribution in [0.15, 0.2) is 6.07 Å². The molecule has 2 heterocycles. The molecule has 1 amide bonds. The van der Waals surface area contributed by atoms with Gasteiger partial charge in [0.1, 0.15) is 5.82 Å². The lowest BCUT2D eigenvalue weighted by Gasteiger charge is -2.50. The van der Waals surface area contributed by atoms with Crippen LogP contribution in [0.1, 0.15) is 71.4 Å². The molecule has 27 heavy (non-hydrogen) atoms. The summed E-state index contributed by atoms with van der Waals surface area (Å²) in [6.45, 7) is 9.44. The topological polar surface area (TPSA) is 95.6 Å². The summed E-state index contributed by atoms with van der Waals surface area (Å²) in [7, 11) is 0. The Hall–Kier alpha value is -2.05. The zero-order valence-corrected chi connectivity index (χ0v) is 17.0. The van der Waals surface area contributed by atoms with Gasteiger partial charge in [-0.3, -0.25) is 0 Å². The molecule has 1 saturated heterocycles. The summed E-state index contributed by atoms with van der Waals surface area (Å²) in [6.07, 6.45) is 5.23. The van der Waals surface area contributed by atoms with Gasteiger partial charge in [0.2, 0.25) is 5.95 Å². The largest absolute Gasteiger partial charge is 0.465 e. The van der Waals surface area contributed by atoms with Crippen LogP contribution in [0.4, 0.5) is 16.6 Å². The van der Waals surface area contributed by atoms with Crippen molar-refractivity contribution in [2.24, 2.45) is 5.41 Å². The molecular formula is C20H33N5O2. The van der Waals surface area contributed by atoms with Crippen molar-refractivity contribution in [3.8, 4) is 0 Å². The van der Waals surface area contributed by atoms with E-state index in [9.17, 15) is 9.90 Å². The van der Waals surface area contributed by atoms with Crippen molar-refractivity contribution in [1.29, 1.82) is 0 Å². The highest BCUT2D eigenvalue weighted by molar-refractivity contribution is 5.66. The van der Waals surface area contributed by atoms with Gasteiger partial charge >= 0.3 is 6.09 Å². The van der Waals surface area contributed by atoms with E-state index in [0.29, 0.717) is 25.0 Å². The van der Waals surface area contributed by atoms with Crippen LogP contribution in [-0.4, -0.2) is 51.2 Å². The molecule has 0 aromatic carbocycles. The van der Waals surface area contributed by atoms with E-state index in [4.69, 9.17) is 5.73 Å². The molecule has 2 fully saturated rings. The Morgan fingerprint density at radius 3 is 2.44 bits per heavy atom. The van der Waals surface area contributed by atoms with E-state index in [0.717, 1.165) is 24.4 Å². The molecular weight excluding hydrogens is 342 g/mol. The number of hydrogen-bond donors (Lipinski definition) is 2. The summed E-state index contributed by atoms with van der Waals surface area (Å²) in [4.78, 5) is 24.6. The number of nitrogens with zero attached hydrogens (tertiary/aromatic N) is 4. The fourth-order valence-corrected chi connectivity index (χ4v) is 4.94. The molecule has 1 saturated carbocycles. The van der Waals surface area contributed by atoms with Crippen LogP contribution in [0.3, 0.4) is 0 Å². The Kier molecular flexibility index (Phi) is 5.49. The van der Waals surface area contributed by atoms with Crippen LogP contribution >= 0.6 is 0 Å². The number of carboxylic acid groups (broad SMARTS) is 1. The summed E-state index contributed by atoms with van der Waals surface area (Å²) < 4.78 is 0. The lowest BCUT2D eigenvalue weighted by atomic mass is 9.80. The maximum atomic E-state index is 11.8. The highest BCUT2D eigenvalue weighted by Gasteiger charge is 2.43. The Morgan fingerprint density at radius 2 is 1.85 bits per heavy atom. The van der Waals surface area contributed by atoms with Gasteiger partial charge in [0, 0.05) is 31.1 Å². The Labute approximate surface area is 162 Å². The SMILES string of the molecule is C[C@@H]1C(C(C)(C)C)N(C(=O)O)CCN1c1cc(C2CCCCC2)nc(N)n1. The molecule has 1 aliphatic heterocycles. The van der Waals surface area contributed by atoms with Crippen LogP contribution in [0, 0.1) is 5.41 Å². The molecule has 0 spiro atoms. The monoisotopic (exact) mass is 375 g/mol. The Balaban J connectivity index is 1.91. The van der Waals surface area contributed by atoms with Crippen molar-refractivity contribution in [3.63, 3.8) is 0 Å². The zero-order chi connectivity index (χ0) is 19.8. The fraction of sp³-hybridized carbons (Fsp3) is 0.750. The standard InChI is InChI=1S/C20H33N5O2/c1-13-17(20(2,3)4)25(19(26)27)11-10-24(13)16-12-15(22-18(21)23-16)14-8-6-5-7-9-14/h12-14,17H,5-11H2,1-4H3,(H,26,27)(H2,21,22,23)/t13-,17?/m1/s1. The smallest absolute Gasteiger partial charge is 0.407 e. The van der Waals surface area contributed by atoms with Crippen LogP contribution in [0.5, 0.6) is 0 Å². The quantitative estimate of drug-likeness (QED) is 0.818. The Bertz CT molecular complexity index is 681. The van der Waals surface area contributed by atoms with Gasteiger partial charge < -0.3 is 20.6 Å². The molecule has 1 aliphatic carbocycles. The second-order valence-corrected chi connectivity index (χ2v) is 9.06. The molecule has 3 N–H and O–H groups in total. The third kappa shape index (κ3) is 4.12. The first-order valence-corrected chi connectivity index (χ1v) is 10.1. The van der Waals surface area contributed by atoms with Crippen LogP contribution < -0.4 is 10.6 Å². The van der Waals surface area contributed by atoms with Crippen LogP contribution in [-0.2, 0) is 0 Å². The van der Waals surface area contributed by atoms with E-state index in [-0.39, 0.29) is 17.5 Å². The molecule has 7 nitrogen and oxygen atoms in total. The number of hydrogen-bond acceptors (Lipinski definition) is 5. The van der Waals surface area contributed by atoms with Crippen molar-refractivity contribution >= 4 is 17.9 Å². The van der Waals surface area contributed by atoms with Crippen molar-refractivity contribution in [3.05, 3.63) is 11.8 Å². The van der Waals surface area contributed by atoms with E-state index in [1.54, 1.807) is 4.90 Å². The number of piperazine rings is 1. The van der Waals surface area contributed by atoms with Gasteiger partial charge in [0.05, 0.1) is 11.7 Å². The second-order valence-electron chi connectivity index (χ2n) is 9.06. The van der Waals surface area contributed by atoms with E-state index < -0.39 is 6.09 Å². The fourth-order valence-electron chi connectivity index (χ4n) is 4.94. The van der Waals surface area contributed by atoms with Crippen molar-refractivity contribution in [2.45, 2.75) is 77.8 Å². The number of carbonyl (C=O) groups is 1. The van der Waals surface area contributed by atoms with Gasteiger partial charge in [-0.15, -0.1) is 0 Å². The first-order chi connectivity index (χ1) is 12.7. The number of nitrogens with two attached hydrogens (primary N) is 1. The summed E-state index contributed by atoms with van der Waals surface area (Å²) in [5, 5.41) is 9.67. The second kappa shape index (κ2) is 7.52. The van der Waals surface area contributed by atoms with Gasteiger partial charge in [0.15, 0.2) is 0 Å². The van der Waals surface area contributed by atoms with E-state index in [1.807, 2.05) is 0 Å². The molecule has 7 heteroatoms. The molecule has 1 aromatic rings. The number of nitrogen functional groups attached to an aromatic ring is 1. The molecule has 2 atom stereocenters. The number of rotatable bonds is 2. The van der Waals surface area contributed by atoms with Gasteiger partial charge in [-0.2, -0.15) is 4.98 Å². The van der Waals surface area contributed by atoms with E-state index in [2.05, 4.69) is 48.6 Å². The minimum Gasteiger partial charge on any atom is -0.465 e. The molecule has 3 rings (SSSR count). The van der Waals surface area contributed by atoms with Crippen molar-refractivity contribution < 1.29 is 9.90 Å². The number of aromatic nitrogens is 2. The molecule has 2 aliphatic rings. The van der Waals surface area contributed by atoms with Crippen molar-refractivity contribution in [1.82, 2.24) is 14.9 Å². The van der Waals surface area contributed by atoms with Gasteiger partial charge in [-0.25, -0.2) is 9.78 Å². The van der Waals surface area contributed by atoms with Crippen LogP contribution in [0.2, 0.25) is 0 Å². The normalized spacial score (nSPS) is 24.9. The van der Waals surface area contributed by atoms with Gasteiger partial charge in [-0.05, 0) is 25.2 Å². The summed E-state index contributed by atoms with van der Waals surface area (Å²) in [5.74, 6) is 1.60. The lowest BCUT2D eigenvalue weighted by molar-refractivity contribution is 0.0561. The molecule has 1 unspecified atom stereocenters. The lowest BCUT2D eigenvalue weighted by Crippen LogP contribution is -2.64.